The van der Waals surface area contributed by atoms with Crippen LogP contribution in [0.1, 0.15) is 12.5 Å². The minimum Gasteiger partial charge on any atom is -0.506 e. The summed E-state index contributed by atoms with van der Waals surface area (Å²) in [7, 11) is 0. The zero-order chi connectivity index (χ0) is 15.4. The van der Waals surface area contributed by atoms with Crippen LogP contribution in [0.2, 0.25) is 10.0 Å². The second-order valence-corrected chi connectivity index (χ2v) is 5.16. The molecule has 2 rings (SSSR count). The molecule has 0 saturated carbocycles. The topological polar surface area (TPSA) is 61.7 Å². The van der Waals surface area contributed by atoms with Gasteiger partial charge in [0.2, 0.25) is 5.91 Å². The Labute approximate surface area is 132 Å². The monoisotopic (exact) mass is 322 g/mol. The summed E-state index contributed by atoms with van der Waals surface area (Å²) in [4.78, 5) is 15.1. The number of aliphatic imine (C=N–C) groups is 1. The maximum absolute atomic E-state index is 10.9. The van der Waals surface area contributed by atoms with Crippen LogP contribution in [0.15, 0.2) is 41.4 Å². The largest absolute Gasteiger partial charge is 0.506 e. The molecule has 0 aliphatic rings. The Bertz CT molecular complexity index is 698. The zero-order valence-corrected chi connectivity index (χ0v) is 12.6. The molecule has 0 saturated heterocycles. The lowest BCUT2D eigenvalue weighted by Gasteiger charge is -2.03. The molecule has 2 aromatic rings. The van der Waals surface area contributed by atoms with Crippen LogP contribution in [0.4, 0.5) is 11.4 Å². The van der Waals surface area contributed by atoms with E-state index in [4.69, 9.17) is 23.2 Å². The van der Waals surface area contributed by atoms with E-state index in [1.807, 2.05) is 0 Å². The zero-order valence-electron chi connectivity index (χ0n) is 11.1. The normalized spacial score (nSPS) is 10.8. The van der Waals surface area contributed by atoms with Crippen molar-refractivity contribution in [3.63, 3.8) is 0 Å². The first kappa shape index (κ1) is 15.4. The van der Waals surface area contributed by atoms with Gasteiger partial charge in [-0.3, -0.25) is 9.79 Å². The van der Waals surface area contributed by atoms with Gasteiger partial charge < -0.3 is 10.4 Å². The van der Waals surface area contributed by atoms with Crippen molar-refractivity contribution in [2.75, 3.05) is 5.32 Å². The SMILES string of the molecule is CC(=O)Nc1ccc(N=Cc2cc(Cl)cc(Cl)c2O)cc1. The average Bonchev–Trinajstić information content (AvgIpc) is 2.42. The molecule has 2 aromatic carbocycles. The van der Waals surface area contributed by atoms with Crippen LogP contribution in [0.25, 0.3) is 0 Å². The van der Waals surface area contributed by atoms with Gasteiger partial charge in [-0.2, -0.15) is 0 Å². The van der Waals surface area contributed by atoms with E-state index in [1.54, 1.807) is 30.3 Å². The van der Waals surface area contributed by atoms with Crippen molar-refractivity contribution in [2.24, 2.45) is 4.99 Å². The van der Waals surface area contributed by atoms with Crippen LogP contribution < -0.4 is 5.32 Å². The summed E-state index contributed by atoms with van der Waals surface area (Å²) in [5.41, 5.74) is 1.79. The van der Waals surface area contributed by atoms with Crippen molar-refractivity contribution in [1.29, 1.82) is 0 Å². The molecule has 108 valence electrons. The summed E-state index contributed by atoms with van der Waals surface area (Å²) < 4.78 is 0. The maximum atomic E-state index is 10.9. The van der Waals surface area contributed by atoms with Crippen LogP contribution in [0.5, 0.6) is 5.75 Å². The highest BCUT2D eigenvalue weighted by Crippen LogP contribution is 2.30. The number of carbonyl (C=O) groups excluding carboxylic acids is 1. The third kappa shape index (κ3) is 4.21. The Morgan fingerprint density at radius 1 is 1.24 bits per heavy atom. The number of carbonyl (C=O) groups is 1. The number of phenols is 1. The van der Waals surface area contributed by atoms with Crippen molar-refractivity contribution in [2.45, 2.75) is 6.92 Å². The molecule has 0 unspecified atom stereocenters. The molecule has 21 heavy (non-hydrogen) atoms. The Kier molecular flexibility index (Phi) is 4.83. The molecule has 4 nitrogen and oxygen atoms in total. The maximum Gasteiger partial charge on any atom is 0.221 e. The number of hydrogen-bond donors (Lipinski definition) is 2. The number of hydrogen-bond acceptors (Lipinski definition) is 3. The molecule has 0 spiro atoms. The second kappa shape index (κ2) is 6.61. The van der Waals surface area contributed by atoms with Gasteiger partial charge in [0.1, 0.15) is 5.75 Å². The molecule has 0 bridgehead atoms. The summed E-state index contributed by atoms with van der Waals surface area (Å²) >= 11 is 11.7. The predicted molar refractivity (Wildman–Crippen MR) is 86.1 cm³/mol. The second-order valence-electron chi connectivity index (χ2n) is 4.31. The van der Waals surface area contributed by atoms with Crippen molar-refractivity contribution in [3.05, 3.63) is 52.0 Å². The fourth-order valence-corrected chi connectivity index (χ4v) is 2.17. The van der Waals surface area contributed by atoms with Gasteiger partial charge >= 0.3 is 0 Å². The third-order valence-electron chi connectivity index (χ3n) is 2.60. The lowest BCUT2D eigenvalue weighted by Crippen LogP contribution is -2.04. The van der Waals surface area contributed by atoms with Crippen LogP contribution in [0.3, 0.4) is 0 Å². The van der Waals surface area contributed by atoms with Gasteiger partial charge in [-0.15, -0.1) is 0 Å². The van der Waals surface area contributed by atoms with Gasteiger partial charge in [-0.25, -0.2) is 0 Å². The van der Waals surface area contributed by atoms with Gasteiger partial charge in [-0.05, 0) is 36.4 Å². The minimum atomic E-state index is -0.134. The number of halogens is 2. The van der Waals surface area contributed by atoms with E-state index >= 15 is 0 Å². The molecule has 0 radical (unpaired) electrons. The molecule has 2 N–H and O–H groups in total. The summed E-state index contributed by atoms with van der Waals surface area (Å²) in [6.07, 6.45) is 1.47. The van der Waals surface area contributed by atoms with Crippen molar-refractivity contribution in [1.82, 2.24) is 0 Å². The Morgan fingerprint density at radius 3 is 2.52 bits per heavy atom. The number of nitrogens with one attached hydrogen (secondary N) is 1. The predicted octanol–water partition coefficient (Wildman–Crippen LogP) is 4.41. The molecular formula is C15H12Cl2N2O2. The van der Waals surface area contributed by atoms with E-state index in [-0.39, 0.29) is 16.7 Å². The molecule has 1 amide bonds. The summed E-state index contributed by atoms with van der Waals surface area (Å²) in [6.45, 7) is 1.44. The molecule has 0 atom stereocenters. The quantitative estimate of drug-likeness (QED) is 0.822. The van der Waals surface area contributed by atoms with Crippen LogP contribution in [-0.4, -0.2) is 17.2 Å². The smallest absolute Gasteiger partial charge is 0.221 e. The first-order chi connectivity index (χ1) is 9.95. The number of aromatic hydroxyl groups is 1. The summed E-state index contributed by atoms with van der Waals surface area (Å²) in [5, 5.41) is 13.1. The van der Waals surface area contributed by atoms with E-state index in [0.717, 1.165) is 0 Å². The van der Waals surface area contributed by atoms with Crippen LogP contribution in [-0.2, 0) is 4.79 Å². The lowest BCUT2D eigenvalue weighted by atomic mass is 10.2. The highest BCUT2D eigenvalue weighted by Gasteiger charge is 2.05. The van der Waals surface area contributed by atoms with Gasteiger partial charge in [0.05, 0.1) is 10.7 Å². The summed E-state index contributed by atoms with van der Waals surface area (Å²) in [6, 6.07) is 9.98. The average molecular weight is 323 g/mol. The first-order valence-electron chi connectivity index (χ1n) is 6.05. The van der Waals surface area contributed by atoms with E-state index in [0.29, 0.717) is 22.0 Å². The molecule has 0 heterocycles. The van der Waals surface area contributed by atoms with E-state index < -0.39 is 0 Å². The lowest BCUT2D eigenvalue weighted by molar-refractivity contribution is -0.114. The van der Waals surface area contributed by atoms with Gasteiger partial charge in [0.25, 0.3) is 0 Å². The highest BCUT2D eigenvalue weighted by molar-refractivity contribution is 6.36. The molecule has 0 fully saturated rings. The number of anilines is 1. The first-order valence-corrected chi connectivity index (χ1v) is 6.81. The van der Waals surface area contributed by atoms with Gasteiger partial charge in [0.15, 0.2) is 0 Å². The van der Waals surface area contributed by atoms with E-state index in [2.05, 4.69) is 10.3 Å². The van der Waals surface area contributed by atoms with Crippen molar-refractivity contribution < 1.29 is 9.90 Å². The van der Waals surface area contributed by atoms with E-state index in [9.17, 15) is 9.90 Å². The number of amides is 1. The number of benzene rings is 2. The number of nitrogens with zero attached hydrogens (tertiary/aromatic N) is 1. The molecular weight excluding hydrogens is 311 g/mol. The number of phenolic OH excluding ortho intramolecular Hbond substituents is 1. The fraction of sp³-hybridized carbons (Fsp3) is 0.0667. The molecule has 6 heteroatoms. The Hall–Kier alpha value is -2.04. The molecule has 0 aliphatic heterocycles. The fourth-order valence-electron chi connectivity index (χ4n) is 1.66. The Balaban J connectivity index is 2.20. The standard InChI is InChI=1S/C15H12Cl2N2O2/c1-9(20)19-13-4-2-12(3-5-13)18-8-10-6-11(16)7-14(17)15(10)21/h2-8,21H,1H3,(H,19,20). The van der Waals surface area contributed by atoms with Crippen LogP contribution >= 0.6 is 23.2 Å². The Morgan fingerprint density at radius 2 is 1.90 bits per heavy atom. The van der Waals surface area contributed by atoms with Gasteiger partial charge in [0, 0.05) is 29.4 Å². The van der Waals surface area contributed by atoms with Crippen LogP contribution in [0, 0.1) is 0 Å². The van der Waals surface area contributed by atoms with Crippen molar-refractivity contribution in [3.8, 4) is 5.75 Å². The summed E-state index contributed by atoms with van der Waals surface area (Å²) in [5.74, 6) is -0.204. The van der Waals surface area contributed by atoms with Gasteiger partial charge in [-0.1, -0.05) is 23.2 Å². The van der Waals surface area contributed by atoms with E-state index in [1.165, 1.54) is 19.2 Å². The molecule has 0 aromatic heterocycles. The minimum absolute atomic E-state index is 0.0697. The number of rotatable bonds is 3. The highest BCUT2D eigenvalue weighted by atomic mass is 35.5. The molecule has 0 aliphatic carbocycles. The third-order valence-corrected chi connectivity index (χ3v) is 3.10. The van der Waals surface area contributed by atoms with Crippen molar-refractivity contribution >= 4 is 46.7 Å².